The van der Waals surface area contributed by atoms with Crippen molar-refractivity contribution in [1.29, 1.82) is 0 Å². The molecular formula is C19H20N6O2S. The van der Waals surface area contributed by atoms with E-state index in [1.54, 1.807) is 24.3 Å². The SMILES string of the molecule is Cc1ccc(NC(=O)CSc2n[nH]c(N/N=C/c3ccccc3O)n2)cc1C. The van der Waals surface area contributed by atoms with Gasteiger partial charge in [0.05, 0.1) is 12.0 Å². The molecule has 0 atom stereocenters. The molecule has 0 aliphatic carbocycles. The van der Waals surface area contributed by atoms with E-state index in [-0.39, 0.29) is 17.4 Å². The zero-order valence-electron chi connectivity index (χ0n) is 15.4. The van der Waals surface area contributed by atoms with Crippen LogP contribution in [0.4, 0.5) is 11.6 Å². The lowest BCUT2D eigenvalue weighted by Crippen LogP contribution is -2.14. The molecule has 0 bridgehead atoms. The Balaban J connectivity index is 1.48. The first-order valence-electron chi connectivity index (χ1n) is 8.50. The number of aromatic nitrogens is 3. The molecule has 0 fully saturated rings. The molecule has 0 unspecified atom stereocenters. The number of para-hydroxylation sites is 1. The van der Waals surface area contributed by atoms with Crippen LogP contribution in [0.25, 0.3) is 0 Å². The van der Waals surface area contributed by atoms with Gasteiger partial charge in [-0.25, -0.2) is 10.5 Å². The van der Waals surface area contributed by atoms with Crippen molar-refractivity contribution in [2.24, 2.45) is 5.10 Å². The first-order valence-corrected chi connectivity index (χ1v) is 9.49. The minimum atomic E-state index is -0.134. The first kappa shape index (κ1) is 19.4. The Morgan fingerprint density at radius 1 is 1.25 bits per heavy atom. The summed E-state index contributed by atoms with van der Waals surface area (Å²) in [6, 6.07) is 12.6. The average molecular weight is 396 g/mol. The number of phenols is 1. The summed E-state index contributed by atoms with van der Waals surface area (Å²) in [7, 11) is 0. The van der Waals surface area contributed by atoms with E-state index in [9.17, 15) is 9.90 Å². The van der Waals surface area contributed by atoms with Gasteiger partial charge in [-0.3, -0.25) is 4.79 Å². The summed E-state index contributed by atoms with van der Waals surface area (Å²) >= 11 is 1.21. The van der Waals surface area contributed by atoms with E-state index in [2.05, 4.69) is 31.0 Å². The Kier molecular flexibility index (Phi) is 6.28. The molecular weight excluding hydrogens is 376 g/mol. The summed E-state index contributed by atoms with van der Waals surface area (Å²) in [6.45, 7) is 4.03. The number of aryl methyl sites for hydroxylation is 2. The van der Waals surface area contributed by atoms with E-state index in [1.165, 1.54) is 23.5 Å². The predicted molar refractivity (Wildman–Crippen MR) is 111 cm³/mol. The number of aromatic hydroxyl groups is 1. The smallest absolute Gasteiger partial charge is 0.240 e. The van der Waals surface area contributed by atoms with Crippen molar-refractivity contribution in [1.82, 2.24) is 15.2 Å². The number of nitrogens with one attached hydrogen (secondary N) is 3. The van der Waals surface area contributed by atoms with Gasteiger partial charge in [-0.2, -0.15) is 10.1 Å². The Morgan fingerprint density at radius 2 is 2.07 bits per heavy atom. The number of H-pyrrole nitrogens is 1. The molecule has 0 radical (unpaired) electrons. The van der Waals surface area contributed by atoms with Gasteiger partial charge in [0.2, 0.25) is 17.0 Å². The van der Waals surface area contributed by atoms with Gasteiger partial charge in [0.25, 0.3) is 0 Å². The number of hydrazone groups is 1. The summed E-state index contributed by atoms with van der Waals surface area (Å²) in [4.78, 5) is 16.3. The normalized spacial score (nSPS) is 10.9. The summed E-state index contributed by atoms with van der Waals surface area (Å²) in [6.07, 6.45) is 1.47. The molecule has 9 heteroatoms. The van der Waals surface area contributed by atoms with Crippen LogP contribution in [0.15, 0.2) is 52.7 Å². The lowest BCUT2D eigenvalue weighted by Gasteiger charge is -2.06. The van der Waals surface area contributed by atoms with Crippen molar-refractivity contribution in [2.45, 2.75) is 19.0 Å². The fraction of sp³-hybridized carbons (Fsp3) is 0.158. The zero-order valence-corrected chi connectivity index (χ0v) is 16.2. The molecule has 1 heterocycles. The van der Waals surface area contributed by atoms with Gasteiger partial charge in [0.1, 0.15) is 5.75 Å². The average Bonchev–Trinajstić information content (AvgIpc) is 3.12. The summed E-state index contributed by atoms with van der Waals surface area (Å²) in [5, 5.41) is 23.7. The Labute approximate surface area is 166 Å². The van der Waals surface area contributed by atoms with Crippen molar-refractivity contribution < 1.29 is 9.90 Å². The van der Waals surface area contributed by atoms with Crippen molar-refractivity contribution in [2.75, 3.05) is 16.5 Å². The van der Waals surface area contributed by atoms with Crippen LogP contribution in [0.3, 0.4) is 0 Å². The van der Waals surface area contributed by atoms with Crippen LogP contribution < -0.4 is 10.7 Å². The predicted octanol–water partition coefficient (Wildman–Crippen LogP) is 3.30. The molecule has 1 aromatic heterocycles. The number of carbonyl (C=O) groups is 1. The summed E-state index contributed by atoms with van der Waals surface area (Å²) in [5.41, 5.74) is 6.34. The third-order valence-electron chi connectivity index (χ3n) is 3.90. The van der Waals surface area contributed by atoms with Crippen LogP contribution >= 0.6 is 11.8 Å². The number of amides is 1. The molecule has 2 aromatic carbocycles. The highest BCUT2D eigenvalue weighted by molar-refractivity contribution is 7.99. The Bertz CT molecular complexity index is 1000. The molecule has 0 spiro atoms. The van der Waals surface area contributed by atoms with Crippen LogP contribution in [0.5, 0.6) is 5.75 Å². The molecule has 1 amide bonds. The van der Waals surface area contributed by atoms with E-state index in [0.29, 0.717) is 16.7 Å². The quantitative estimate of drug-likeness (QED) is 0.277. The number of nitrogens with zero attached hydrogens (tertiary/aromatic N) is 3. The zero-order chi connectivity index (χ0) is 19.9. The second-order valence-corrected chi connectivity index (χ2v) is 6.97. The number of hydrogen-bond donors (Lipinski definition) is 4. The third kappa shape index (κ3) is 5.34. The molecule has 4 N–H and O–H groups in total. The van der Waals surface area contributed by atoms with Gasteiger partial charge in [-0.05, 0) is 49.2 Å². The maximum absolute atomic E-state index is 12.1. The lowest BCUT2D eigenvalue weighted by atomic mass is 10.1. The number of hydrogen-bond acceptors (Lipinski definition) is 7. The molecule has 3 aromatic rings. The monoisotopic (exact) mass is 396 g/mol. The summed E-state index contributed by atoms with van der Waals surface area (Å²) < 4.78 is 0. The second kappa shape index (κ2) is 9.05. The Hall–Kier alpha value is -3.33. The highest BCUT2D eigenvalue weighted by Gasteiger charge is 2.08. The minimum absolute atomic E-state index is 0.134. The number of phenolic OH excluding ortho intramolecular Hbond substituents is 1. The first-order chi connectivity index (χ1) is 13.5. The summed E-state index contributed by atoms with van der Waals surface area (Å²) in [5.74, 6) is 0.524. The topological polar surface area (TPSA) is 115 Å². The highest BCUT2D eigenvalue weighted by atomic mass is 32.2. The van der Waals surface area contributed by atoms with E-state index in [0.717, 1.165) is 11.3 Å². The maximum atomic E-state index is 12.1. The number of benzene rings is 2. The van der Waals surface area contributed by atoms with Gasteiger partial charge >= 0.3 is 0 Å². The standard InChI is InChI=1S/C19H20N6O2S/c1-12-7-8-15(9-13(12)2)21-17(27)11-28-19-22-18(24-25-19)23-20-10-14-5-3-4-6-16(14)26/h3-10,26H,11H2,1-2H3,(H,21,27)(H2,22,23,24,25)/b20-10+. The number of anilines is 2. The highest BCUT2D eigenvalue weighted by Crippen LogP contribution is 2.17. The molecule has 144 valence electrons. The van der Waals surface area contributed by atoms with Gasteiger partial charge in [-0.15, -0.1) is 5.10 Å². The second-order valence-electron chi connectivity index (χ2n) is 6.03. The fourth-order valence-electron chi connectivity index (χ4n) is 2.27. The lowest BCUT2D eigenvalue weighted by molar-refractivity contribution is -0.113. The van der Waals surface area contributed by atoms with Gasteiger partial charge in [-0.1, -0.05) is 30.0 Å². The van der Waals surface area contributed by atoms with Crippen molar-refractivity contribution in [3.63, 3.8) is 0 Å². The minimum Gasteiger partial charge on any atom is -0.507 e. The molecule has 8 nitrogen and oxygen atoms in total. The van der Waals surface area contributed by atoms with Crippen LogP contribution in [0, 0.1) is 13.8 Å². The largest absolute Gasteiger partial charge is 0.507 e. The number of thioether (sulfide) groups is 1. The third-order valence-corrected chi connectivity index (χ3v) is 4.75. The van der Waals surface area contributed by atoms with Crippen molar-refractivity contribution in [3.8, 4) is 5.75 Å². The number of rotatable bonds is 7. The van der Waals surface area contributed by atoms with E-state index >= 15 is 0 Å². The van der Waals surface area contributed by atoms with Crippen molar-refractivity contribution in [3.05, 3.63) is 59.2 Å². The van der Waals surface area contributed by atoms with Crippen LogP contribution in [0.1, 0.15) is 16.7 Å². The fourth-order valence-corrected chi connectivity index (χ4v) is 2.87. The van der Waals surface area contributed by atoms with Crippen LogP contribution in [-0.2, 0) is 4.79 Å². The number of carbonyl (C=O) groups excluding carboxylic acids is 1. The van der Waals surface area contributed by atoms with Gasteiger partial charge in [0, 0.05) is 11.3 Å². The maximum Gasteiger partial charge on any atom is 0.240 e. The van der Waals surface area contributed by atoms with E-state index in [4.69, 9.17) is 0 Å². The van der Waals surface area contributed by atoms with Gasteiger partial charge in [0.15, 0.2) is 0 Å². The van der Waals surface area contributed by atoms with Crippen LogP contribution in [-0.4, -0.2) is 38.2 Å². The molecule has 0 saturated heterocycles. The molecule has 0 aliphatic heterocycles. The number of aromatic amines is 1. The molecule has 28 heavy (non-hydrogen) atoms. The van der Waals surface area contributed by atoms with E-state index in [1.807, 2.05) is 32.0 Å². The Morgan fingerprint density at radius 3 is 2.86 bits per heavy atom. The van der Waals surface area contributed by atoms with E-state index < -0.39 is 0 Å². The molecule has 0 saturated carbocycles. The van der Waals surface area contributed by atoms with Gasteiger partial charge < -0.3 is 10.4 Å². The molecule has 0 aliphatic rings. The van der Waals surface area contributed by atoms with Crippen LogP contribution in [0.2, 0.25) is 0 Å². The van der Waals surface area contributed by atoms with Crippen molar-refractivity contribution >= 4 is 35.5 Å². The molecule has 3 rings (SSSR count).